The molecule has 0 aliphatic rings. The Kier molecular flexibility index (Phi) is 4.84. The van der Waals surface area contributed by atoms with Crippen LogP contribution in [0.5, 0.6) is 0 Å². The lowest BCUT2D eigenvalue weighted by molar-refractivity contribution is 0.205. The van der Waals surface area contributed by atoms with Gasteiger partial charge in [0.2, 0.25) is 5.95 Å². The molecule has 0 spiro atoms. The monoisotopic (exact) mass is 273 g/mol. The molecule has 2 aromatic rings. The summed E-state index contributed by atoms with van der Waals surface area (Å²) >= 11 is 0. The number of anilines is 1. The number of amidine groups is 1. The second-order valence-corrected chi connectivity index (χ2v) is 4.48. The summed E-state index contributed by atoms with van der Waals surface area (Å²) in [5.41, 5.74) is 6.33. The van der Waals surface area contributed by atoms with Crippen molar-refractivity contribution in [1.82, 2.24) is 9.97 Å². The van der Waals surface area contributed by atoms with Crippen LogP contribution in [0.4, 0.5) is 5.95 Å². The molecule has 0 aliphatic heterocycles. The van der Waals surface area contributed by atoms with Crippen molar-refractivity contribution in [3.05, 3.63) is 30.5 Å². The van der Waals surface area contributed by atoms with E-state index in [0.29, 0.717) is 32.1 Å². The third-order valence-electron chi connectivity index (χ3n) is 2.98. The highest BCUT2D eigenvalue weighted by molar-refractivity contribution is 5.79. The molecule has 6 nitrogen and oxygen atoms in total. The zero-order chi connectivity index (χ0) is 14.4. The minimum Gasteiger partial charge on any atom is -0.388 e. The maximum Gasteiger partial charge on any atom is 0.225 e. The summed E-state index contributed by atoms with van der Waals surface area (Å²) in [6.45, 7) is 1.85. The first-order valence-electron chi connectivity index (χ1n) is 6.49. The largest absolute Gasteiger partial charge is 0.388 e. The van der Waals surface area contributed by atoms with Crippen LogP contribution < -0.4 is 10.6 Å². The van der Waals surface area contributed by atoms with Crippen molar-refractivity contribution in [2.45, 2.75) is 6.42 Å². The molecule has 0 fully saturated rings. The number of fused-ring (bicyclic) bond motifs is 1. The van der Waals surface area contributed by atoms with Crippen molar-refractivity contribution in [3.8, 4) is 0 Å². The molecule has 1 aromatic heterocycles. The van der Waals surface area contributed by atoms with Crippen molar-refractivity contribution >= 4 is 22.7 Å². The Morgan fingerprint density at radius 2 is 2.15 bits per heavy atom. The molecule has 0 saturated carbocycles. The highest BCUT2D eigenvalue weighted by Gasteiger charge is 2.10. The molecule has 0 saturated heterocycles. The molecular formula is C14H19N5O. The minimum atomic E-state index is 0.160. The van der Waals surface area contributed by atoms with Gasteiger partial charge in [0.1, 0.15) is 0 Å². The van der Waals surface area contributed by atoms with Gasteiger partial charge in [0.15, 0.2) is 0 Å². The Hall–Kier alpha value is -2.21. The number of hydrogen-bond acceptors (Lipinski definition) is 5. The van der Waals surface area contributed by atoms with E-state index >= 15 is 0 Å². The topological polar surface area (TPSA) is 88.1 Å². The average Bonchev–Trinajstić information content (AvgIpc) is 2.46. The van der Waals surface area contributed by atoms with E-state index in [-0.39, 0.29) is 5.84 Å². The third kappa shape index (κ3) is 3.64. The lowest BCUT2D eigenvalue weighted by Gasteiger charge is -2.22. The van der Waals surface area contributed by atoms with Crippen LogP contribution in [0.2, 0.25) is 0 Å². The second kappa shape index (κ2) is 6.81. The molecule has 6 heteroatoms. The van der Waals surface area contributed by atoms with Crippen LogP contribution in [-0.4, -0.2) is 42.6 Å². The van der Waals surface area contributed by atoms with Gasteiger partial charge in [0.05, 0.1) is 18.0 Å². The molecule has 0 amide bonds. The maximum absolute atomic E-state index is 7.34. The molecule has 3 N–H and O–H groups in total. The fraction of sp³-hybridized carbons (Fsp3) is 0.357. The minimum absolute atomic E-state index is 0.160. The van der Waals surface area contributed by atoms with E-state index in [1.165, 1.54) is 0 Å². The summed E-state index contributed by atoms with van der Waals surface area (Å²) in [6, 6.07) is 7.85. The zero-order valence-corrected chi connectivity index (χ0v) is 11.5. The highest BCUT2D eigenvalue weighted by Crippen LogP contribution is 2.14. The van der Waals surface area contributed by atoms with Gasteiger partial charge in [-0.1, -0.05) is 18.2 Å². The number of hydrogen-bond donors (Lipinski definition) is 2. The number of para-hydroxylation sites is 1. The number of rotatable bonds is 7. The van der Waals surface area contributed by atoms with Gasteiger partial charge >= 0.3 is 0 Å². The van der Waals surface area contributed by atoms with E-state index in [0.717, 1.165) is 10.9 Å². The van der Waals surface area contributed by atoms with E-state index in [9.17, 15) is 0 Å². The van der Waals surface area contributed by atoms with Crippen molar-refractivity contribution in [1.29, 1.82) is 5.41 Å². The Bertz CT molecular complexity index is 587. The number of aromatic nitrogens is 2. The molecule has 20 heavy (non-hydrogen) atoms. The Balaban J connectivity index is 2.21. The van der Waals surface area contributed by atoms with Crippen molar-refractivity contribution in [3.63, 3.8) is 0 Å². The molecule has 0 atom stereocenters. The van der Waals surface area contributed by atoms with Crippen LogP contribution in [0, 0.1) is 5.41 Å². The first-order chi connectivity index (χ1) is 9.70. The van der Waals surface area contributed by atoms with Crippen LogP contribution >= 0.6 is 0 Å². The Morgan fingerprint density at radius 1 is 1.35 bits per heavy atom. The van der Waals surface area contributed by atoms with Gasteiger partial charge in [-0.2, -0.15) is 0 Å². The fourth-order valence-corrected chi connectivity index (χ4v) is 1.88. The quantitative estimate of drug-likeness (QED) is 0.588. The van der Waals surface area contributed by atoms with Gasteiger partial charge in [0, 0.05) is 38.2 Å². The molecule has 0 radical (unpaired) electrons. The maximum atomic E-state index is 7.34. The van der Waals surface area contributed by atoms with E-state index in [2.05, 4.69) is 9.97 Å². The lowest BCUT2D eigenvalue weighted by atomic mass is 10.2. The summed E-state index contributed by atoms with van der Waals surface area (Å²) in [6.07, 6.45) is 2.30. The Labute approximate surface area is 118 Å². The first kappa shape index (κ1) is 14.2. The van der Waals surface area contributed by atoms with Gasteiger partial charge in [-0.3, -0.25) is 5.41 Å². The molecule has 2 rings (SSSR count). The third-order valence-corrected chi connectivity index (χ3v) is 2.98. The Morgan fingerprint density at radius 3 is 2.90 bits per heavy atom. The van der Waals surface area contributed by atoms with Crippen LogP contribution in [0.3, 0.4) is 0 Å². The molecule has 0 aliphatic carbocycles. The number of methoxy groups -OCH3 is 1. The summed E-state index contributed by atoms with van der Waals surface area (Å²) in [7, 11) is 1.66. The predicted octanol–water partition coefficient (Wildman–Crippen LogP) is 1.41. The van der Waals surface area contributed by atoms with Gasteiger partial charge in [-0.25, -0.2) is 9.97 Å². The zero-order valence-electron chi connectivity index (χ0n) is 11.5. The van der Waals surface area contributed by atoms with E-state index in [4.69, 9.17) is 15.9 Å². The first-order valence-corrected chi connectivity index (χ1v) is 6.49. The summed E-state index contributed by atoms with van der Waals surface area (Å²) in [4.78, 5) is 10.9. The van der Waals surface area contributed by atoms with Gasteiger partial charge < -0.3 is 15.4 Å². The van der Waals surface area contributed by atoms with E-state index < -0.39 is 0 Å². The van der Waals surface area contributed by atoms with E-state index in [1.54, 1.807) is 7.11 Å². The number of ether oxygens (including phenoxy) is 1. The van der Waals surface area contributed by atoms with Crippen LogP contribution in [-0.2, 0) is 4.74 Å². The summed E-state index contributed by atoms with van der Waals surface area (Å²) in [5.74, 6) is 0.801. The van der Waals surface area contributed by atoms with Crippen LogP contribution in [0.1, 0.15) is 6.42 Å². The highest BCUT2D eigenvalue weighted by atomic mass is 16.5. The van der Waals surface area contributed by atoms with Crippen molar-refractivity contribution < 1.29 is 4.74 Å². The normalized spacial score (nSPS) is 10.7. The lowest BCUT2D eigenvalue weighted by Crippen LogP contribution is -2.32. The van der Waals surface area contributed by atoms with Crippen molar-refractivity contribution in [2.24, 2.45) is 5.73 Å². The SMILES string of the molecule is COCCN(CCC(=N)N)c1ncc2ccccc2n1. The predicted molar refractivity (Wildman–Crippen MR) is 80.2 cm³/mol. The number of nitrogens with zero attached hydrogens (tertiary/aromatic N) is 3. The molecule has 0 bridgehead atoms. The number of nitrogens with one attached hydrogen (secondary N) is 1. The summed E-state index contributed by atoms with van der Waals surface area (Å²) in [5, 5.41) is 8.35. The molecular weight excluding hydrogens is 254 g/mol. The van der Waals surface area contributed by atoms with Gasteiger partial charge in [-0.05, 0) is 6.07 Å². The van der Waals surface area contributed by atoms with Gasteiger partial charge in [0.25, 0.3) is 0 Å². The smallest absolute Gasteiger partial charge is 0.225 e. The van der Waals surface area contributed by atoms with Crippen molar-refractivity contribution in [2.75, 3.05) is 31.7 Å². The summed E-state index contributed by atoms with van der Waals surface area (Å²) < 4.78 is 5.11. The molecule has 0 unspecified atom stereocenters. The average molecular weight is 273 g/mol. The number of nitrogens with two attached hydrogens (primary N) is 1. The van der Waals surface area contributed by atoms with Gasteiger partial charge in [-0.15, -0.1) is 0 Å². The molecule has 1 aromatic carbocycles. The number of benzene rings is 1. The fourth-order valence-electron chi connectivity index (χ4n) is 1.88. The second-order valence-electron chi connectivity index (χ2n) is 4.48. The van der Waals surface area contributed by atoms with Crippen LogP contribution in [0.25, 0.3) is 10.9 Å². The molecule has 106 valence electrons. The van der Waals surface area contributed by atoms with E-state index in [1.807, 2.05) is 35.4 Å². The van der Waals surface area contributed by atoms with Crippen LogP contribution in [0.15, 0.2) is 30.5 Å². The standard InChI is InChI=1S/C14H19N5O/c1-20-9-8-19(7-6-13(15)16)14-17-10-11-4-2-3-5-12(11)18-14/h2-5,10H,6-9H2,1H3,(H3,15,16). The molecule has 1 heterocycles.